The molecule has 1 aliphatic carbocycles. The Morgan fingerprint density at radius 2 is 2.10 bits per heavy atom. The van der Waals surface area contributed by atoms with Crippen LogP contribution < -0.4 is 5.56 Å². The van der Waals surface area contributed by atoms with Crippen molar-refractivity contribution >= 4 is 11.0 Å². The first-order valence-corrected chi connectivity index (χ1v) is 6.53. The molecule has 2 aromatic heterocycles. The van der Waals surface area contributed by atoms with E-state index >= 15 is 0 Å². The van der Waals surface area contributed by atoms with Crippen molar-refractivity contribution < 1.29 is 19.0 Å². The molecule has 21 heavy (non-hydrogen) atoms. The third-order valence-corrected chi connectivity index (χ3v) is 3.86. The second kappa shape index (κ2) is 4.49. The fraction of sp³-hybridized carbons (Fsp3) is 0.429. The molecule has 0 spiro atoms. The molecule has 0 radical (unpaired) electrons. The summed E-state index contributed by atoms with van der Waals surface area (Å²) >= 11 is 0. The van der Waals surface area contributed by atoms with Crippen LogP contribution in [0, 0.1) is 0 Å². The maximum Gasteiger partial charge on any atom is 0.264 e. The van der Waals surface area contributed by atoms with E-state index in [-0.39, 0.29) is 22.8 Å². The Bertz CT molecular complexity index is 763. The topological polar surface area (TPSA) is 75.4 Å². The molecule has 1 fully saturated rings. The highest BCUT2D eigenvalue weighted by Crippen LogP contribution is 2.41. The smallest absolute Gasteiger partial charge is 0.264 e. The van der Waals surface area contributed by atoms with Crippen molar-refractivity contribution in [2.45, 2.75) is 37.8 Å². The standard InChI is InChI=1S/C14H14F2N2O3/c1-14(21)4-7(5-14)18-11(20)3-9(12(15)16)10-2-8(19)6-17-13(10)18/h2-3,6-7,12,19,21H,4-5H2,1H3. The average Bonchev–Trinajstić information content (AvgIpc) is 2.35. The largest absolute Gasteiger partial charge is 0.506 e. The van der Waals surface area contributed by atoms with Gasteiger partial charge in [-0.05, 0) is 25.8 Å². The summed E-state index contributed by atoms with van der Waals surface area (Å²) in [5.74, 6) is -0.241. The second-order valence-electron chi connectivity index (χ2n) is 5.73. The van der Waals surface area contributed by atoms with Crippen molar-refractivity contribution in [1.29, 1.82) is 0 Å². The van der Waals surface area contributed by atoms with Crippen molar-refractivity contribution in [2.24, 2.45) is 0 Å². The minimum absolute atomic E-state index is 0.0520. The van der Waals surface area contributed by atoms with E-state index in [4.69, 9.17) is 0 Å². The highest BCUT2D eigenvalue weighted by molar-refractivity contribution is 5.80. The maximum absolute atomic E-state index is 13.1. The number of rotatable bonds is 2. The molecular formula is C14H14F2N2O3. The van der Waals surface area contributed by atoms with Gasteiger partial charge in [-0.15, -0.1) is 0 Å². The molecule has 112 valence electrons. The van der Waals surface area contributed by atoms with Gasteiger partial charge in [-0.25, -0.2) is 13.8 Å². The molecule has 0 bridgehead atoms. The molecule has 2 N–H and O–H groups in total. The van der Waals surface area contributed by atoms with Crippen LogP contribution in [0.5, 0.6) is 5.75 Å². The molecule has 2 heterocycles. The summed E-state index contributed by atoms with van der Waals surface area (Å²) in [4.78, 5) is 16.1. The lowest BCUT2D eigenvalue weighted by Crippen LogP contribution is -2.45. The Labute approximate surface area is 118 Å². The fourth-order valence-corrected chi connectivity index (χ4v) is 2.91. The zero-order chi connectivity index (χ0) is 15.4. The van der Waals surface area contributed by atoms with E-state index in [0.717, 1.165) is 12.3 Å². The zero-order valence-electron chi connectivity index (χ0n) is 11.3. The predicted octanol–water partition coefficient (Wildman–Crippen LogP) is 2.13. The molecule has 0 saturated heterocycles. The van der Waals surface area contributed by atoms with Gasteiger partial charge in [0.05, 0.1) is 11.8 Å². The van der Waals surface area contributed by atoms with E-state index in [1.165, 1.54) is 10.6 Å². The third kappa shape index (κ3) is 2.27. The average molecular weight is 296 g/mol. The molecule has 0 aromatic carbocycles. The molecule has 0 aliphatic heterocycles. The summed E-state index contributed by atoms with van der Waals surface area (Å²) < 4.78 is 27.4. The number of nitrogens with zero attached hydrogens (tertiary/aromatic N) is 2. The normalized spacial score (nSPS) is 25.3. The lowest BCUT2D eigenvalue weighted by Gasteiger charge is -2.42. The van der Waals surface area contributed by atoms with Crippen LogP contribution >= 0.6 is 0 Å². The number of fused-ring (bicyclic) bond motifs is 1. The van der Waals surface area contributed by atoms with Crippen molar-refractivity contribution in [3.63, 3.8) is 0 Å². The molecule has 5 nitrogen and oxygen atoms in total. The lowest BCUT2D eigenvalue weighted by atomic mass is 9.77. The van der Waals surface area contributed by atoms with E-state index in [0.29, 0.717) is 12.8 Å². The van der Waals surface area contributed by atoms with Crippen molar-refractivity contribution in [3.8, 4) is 5.75 Å². The Kier molecular flexibility index (Phi) is 2.98. The fourth-order valence-electron chi connectivity index (χ4n) is 2.91. The Balaban J connectivity index is 2.24. The molecule has 7 heteroatoms. The summed E-state index contributed by atoms with van der Waals surface area (Å²) in [6.07, 6.45) is -0.996. The van der Waals surface area contributed by atoms with E-state index in [2.05, 4.69) is 4.98 Å². The van der Waals surface area contributed by atoms with Crippen LogP contribution in [0.3, 0.4) is 0 Å². The number of pyridine rings is 2. The monoisotopic (exact) mass is 296 g/mol. The van der Waals surface area contributed by atoms with Crippen LogP contribution in [0.25, 0.3) is 11.0 Å². The first-order chi connectivity index (χ1) is 9.78. The highest BCUT2D eigenvalue weighted by Gasteiger charge is 2.40. The molecule has 3 rings (SSSR count). The van der Waals surface area contributed by atoms with Crippen LogP contribution in [-0.4, -0.2) is 25.4 Å². The van der Waals surface area contributed by atoms with Gasteiger partial charge in [-0.1, -0.05) is 0 Å². The summed E-state index contributed by atoms with van der Waals surface area (Å²) in [6.45, 7) is 1.66. The Morgan fingerprint density at radius 1 is 1.43 bits per heavy atom. The van der Waals surface area contributed by atoms with Gasteiger partial charge in [0.25, 0.3) is 12.0 Å². The zero-order valence-corrected chi connectivity index (χ0v) is 11.3. The van der Waals surface area contributed by atoms with E-state index in [1.54, 1.807) is 6.92 Å². The lowest BCUT2D eigenvalue weighted by molar-refractivity contribution is -0.0507. The number of halogens is 2. The minimum Gasteiger partial charge on any atom is -0.506 e. The van der Waals surface area contributed by atoms with Crippen LogP contribution in [0.2, 0.25) is 0 Å². The molecule has 0 atom stereocenters. The van der Waals surface area contributed by atoms with E-state index in [9.17, 15) is 23.8 Å². The molecule has 0 amide bonds. The van der Waals surface area contributed by atoms with Gasteiger partial charge in [-0.2, -0.15) is 0 Å². The van der Waals surface area contributed by atoms with Crippen LogP contribution in [0.4, 0.5) is 8.78 Å². The van der Waals surface area contributed by atoms with Crippen LogP contribution in [0.15, 0.2) is 23.1 Å². The van der Waals surface area contributed by atoms with Crippen LogP contribution in [0.1, 0.15) is 37.8 Å². The maximum atomic E-state index is 13.1. The number of aromatic hydroxyl groups is 1. The number of hydrogen-bond acceptors (Lipinski definition) is 4. The number of aliphatic hydroxyl groups is 1. The number of hydrogen-bond donors (Lipinski definition) is 2. The van der Waals surface area contributed by atoms with Gasteiger partial charge in [0.15, 0.2) is 0 Å². The summed E-state index contributed by atoms with van der Waals surface area (Å²) in [5.41, 5.74) is -1.76. The van der Waals surface area contributed by atoms with Crippen molar-refractivity contribution in [2.75, 3.05) is 0 Å². The SMILES string of the molecule is CC1(O)CC(n2c(=O)cc(C(F)F)c3cc(O)cnc32)C1. The Hall–Kier alpha value is -2.02. The van der Waals surface area contributed by atoms with E-state index in [1.807, 2.05) is 0 Å². The summed E-state index contributed by atoms with van der Waals surface area (Å²) in [6, 6.07) is 1.77. The molecule has 1 saturated carbocycles. The molecule has 1 aliphatic rings. The van der Waals surface area contributed by atoms with Crippen molar-refractivity contribution in [3.05, 3.63) is 34.2 Å². The second-order valence-corrected chi connectivity index (χ2v) is 5.73. The predicted molar refractivity (Wildman–Crippen MR) is 71.5 cm³/mol. The van der Waals surface area contributed by atoms with Gasteiger partial charge in [0.2, 0.25) is 0 Å². The molecule has 2 aromatic rings. The molecular weight excluding hydrogens is 282 g/mol. The molecule has 0 unspecified atom stereocenters. The van der Waals surface area contributed by atoms with Gasteiger partial charge >= 0.3 is 0 Å². The van der Waals surface area contributed by atoms with E-state index < -0.39 is 23.1 Å². The van der Waals surface area contributed by atoms with Crippen molar-refractivity contribution in [1.82, 2.24) is 9.55 Å². The quantitative estimate of drug-likeness (QED) is 0.890. The highest BCUT2D eigenvalue weighted by atomic mass is 19.3. The van der Waals surface area contributed by atoms with Crippen LogP contribution in [-0.2, 0) is 0 Å². The minimum atomic E-state index is -2.83. The Morgan fingerprint density at radius 3 is 2.67 bits per heavy atom. The van der Waals surface area contributed by atoms with Gasteiger partial charge < -0.3 is 10.2 Å². The number of aromatic nitrogens is 2. The van der Waals surface area contributed by atoms with Gasteiger partial charge in [-0.3, -0.25) is 9.36 Å². The summed E-state index contributed by atoms with van der Waals surface area (Å²) in [5, 5.41) is 19.3. The van der Waals surface area contributed by atoms with Gasteiger partial charge in [0.1, 0.15) is 11.4 Å². The number of alkyl halides is 2. The third-order valence-electron chi connectivity index (χ3n) is 3.86. The first kappa shape index (κ1) is 13.9. The summed E-state index contributed by atoms with van der Waals surface area (Å²) in [7, 11) is 0. The first-order valence-electron chi connectivity index (χ1n) is 6.53. The van der Waals surface area contributed by atoms with Gasteiger partial charge in [0, 0.05) is 23.1 Å².